The van der Waals surface area contributed by atoms with Crippen LogP contribution in [0, 0.1) is 18.8 Å². The number of hydrogen-bond donors (Lipinski definition) is 1. The Balaban J connectivity index is 1.49. The van der Waals surface area contributed by atoms with Crippen molar-refractivity contribution in [1.29, 1.82) is 0 Å². The molecule has 4 nitrogen and oxygen atoms in total. The zero-order chi connectivity index (χ0) is 19.4. The van der Waals surface area contributed by atoms with Gasteiger partial charge < -0.3 is 5.32 Å². The molecule has 3 rings (SSSR count). The lowest BCUT2D eigenvalue weighted by atomic mass is 9.85. The molecule has 1 saturated carbocycles. The maximum absolute atomic E-state index is 12.7. The monoisotopic (exact) mass is 370 g/mol. The van der Waals surface area contributed by atoms with Gasteiger partial charge >= 0.3 is 0 Å². The molecule has 148 valence electrons. The Morgan fingerprint density at radius 3 is 2.30 bits per heavy atom. The van der Waals surface area contributed by atoms with Gasteiger partial charge in [-0.05, 0) is 58.5 Å². The zero-order valence-electron chi connectivity index (χ0n) is 17.0. The van der Waals surface area contributed by atoms with E-state index in [1.807, 2.05) is 38.1 Å². The van der Waals surface area contributed by atoms with E-state index < -0.39 is 0 Å². The van der Waals surface area contributed by atoms with Gasteiger partial charge in [0.1, 0.15) is 0 Å². The quantitative estimate of drug-likeness (QED) is 0.798. The van der Waals surface area contributed by atoms with Crippen LogP contribution >= 0.6 is 0 Å². The molecule has 0 radical (unpaired) electrons. The summed E-state index contributed by atoms with van der Waals surface area (Å²) in [5.74, 6) is 1.06. The molecule has 27 heavy (non-hydrogen) atoms. The molecular formula is C23H34N2O2. The highest BCUT2D eigenvalue weighted by atomic mass is 16.2. The van der Waals surface area contributed by atoms with E-state index in [2.05, 4.69) is 17.1 Å². The first-order chi connectivity index (χ1) is 13.0. The number of Topliss-reactive ketones (excluding diaryl/α,β-unsaturated/α-hetero) is 1. The molecule has 1 saturated heterocycles. The second-order valence-electron chi connectivity index (χ2n) is 8.59. The van der Waals surface area contributed by atoms with Gasteiger partial charge in [0.25, 0.3) is 0 Å². The molecule has 0 spiro atoms. The van der Waals surface area contributed by atoms with Crippen LogP contribution in [-0.2, 0) is 4.79 Å². The number of aryl methyl sites for hydroxylation is 1. The van der Waals surface area contributed by atoms with E-state index in [0.717, 1.165) is 37.9 Å². The fraction of sp³-hybridized carbons (Fsp3) is 0.652. The van der Waals surface area contributed by atoms with E-state index in [4.69, 9.17) is 0 Å². The van der Waals surface area contributed by atoms with Gasteiger partial charge in [0.2, 0.25) is 5.91 Å². The summed E-state index contributed by atoms with van der Waals surface area (Å²) in [7, 11) is 0. The van der Waals surface area contributed by atoms with Crippen molar-refractivity contribution in [2.45, 2.75) is 71.4 Å². The molecule has 1 aliphatic heterocycles. The number of nitrogens with zero attached hydrogens (tertiary/aromatic N) is 1. The maximum Gasteiger partial charge on any atom is 0.237 e. The van der Waals surface area contributed by atoms with E-state index in [0.29, 0.717) is 12.0 Å². The van der Waals surface area contributed by atoms with E-state index in [1.54, 1.807) is 0 Å². The third-order valence-electron chi connectivity index (χ3n) is 6.60. The molecule has 3 unspecified atom stereocenters. The van der Waals surface area contributed by atoms with Gasteiger partial charge in [-0.2, -0.15) is 0 Å². The molecule has 0 aromatic heterocycles. The number of carbonyl (C=O) groups excluding carboxylic acids is 2. The minimum absolute atomic E-state index is 0.0811. The van der Waals surface area contributed by atoms with Crippen molar-refractivity contribution in [3.05, 3.63) is 35.4 Å². The molecule has 3 atom stereocenters. The third-order valence-corrected chi connectivity index (χ3v) is 6.60. The highest BCUT2D eigenvalue weighted by Crippen LogP contribution is 2.25. The van der Waals surface area contributed by atoms with Crippen LogP contribution in [0.2, 0.25) is 0 Å². The number of amides is 1. The molecule has 2 fully saturated rings. The summed E-state index contributed by atoms with van der Waals surface area (Å²) in [5.41, 5.74) is 1.99. The second-order valence-corrected chi connectivity index (χ2v) is 8.59. The zero-order valence-corrected chi connectivity index (χ0v) is 17.0. The Morgan fingerprint density at radius 1 is 1.04 bits per heavy atom. The first-order valence-corrected chi connectivity index (χ1v) is 10.6. The number of carbonyl (C=O) groups is 2. The number of ketones is 1. The molecule has 1 amide bonds. The number of nitrogens with one attached hydrogen (secondary N) is 1. The van der Waals surface area contributed by atoms with Gasteiger partial charge in [0.15, 0.2) is 5.78 Å². The molecule has 0 bridgehead atoms. The predicted molar refractivity (Wildman–Crippen MR) is 109 cm³/mol. The highest BCUT2D eigenvalue weighted by Gasteiger charge is 2.31. The van der Waals surface area contributed by atoms with Crippen molar-refractivity contribution < 1.29 is 9.59 Å². The van der Waals surface area contributed by atoms with Crippen LogP contribution in [-0.4, -0.2) is 41.8 Å². The lowest BCUT2D eigenvalue weighted by Gasteiger charge is -2.36. The fourth-order valence-electron chi connectivity index (χ4n) is 4.50. The van der Waals surface area contributed by atoms with Crippen LogP contribution in [0.4, 0.5) is 0 Å². The van der Waals surface area contributed by atoms with Crippen molar-refractivity contribution in [3.8, 4) is 0 Å². The predicted octanol–water partition coefficient (Wildman–Crippen LogP) is 3.97. The van der Waals surface area contributed by atoms with E-state index in [1.165, 1.54) is 24.8 Å². The second kappa shape index (κ2) is 9.01. The Kier molecular flexibility index (Phi) is 6.69. The van der Waals surface area contributed by atoms with Crippen LogP contribution in [0.5, 0.6) is 0 Å². The van der Waals surface area contributed by atoms with Crippen molar-refractivity contribution in [2.24, 2.45) is 11.8 Å². The fourth-order valence-corrected chi connectivity index (χ4v) is 4.50. The average Bonchev–Trinajstić information content (AvgIpc) is 2.69. The smallest absolute Gasteiger partial charge is 0.237 e. The number of likely N-dealkylation sites (tertiary alicyclic amines) is 1. The number of hydrogen-bond acceptors (Lipinski definition) is 3. The minimum atomic E-state index is -0.116. The molecule has 1 N–H and O–H groups in total. The average molecular weight is 371 g/mol. The van der Waals surface area contributed by atoms with E-state index >= 15 is 0 Å². The number of piperidine rings is 1. The normalized spacial score (nSPS) is 25.7. The summed E-state index contributed by atoms with van der Waals surface area (Å²) < 4.78 is 0. The Bertz CT molecular complexity index is 647. The molecule has 1 aromatic carbocycles. The maximum atomic E-state index is 12.7. The lowest BCUT2D eigenvalue weighted by molar-refractivity contribution is -0.127. The molecule has 1 aliphatic carbocycles. The Morgan fingerprint density at radius 2 is 1.67 bits per heavy atom. The van der Waals surface area contributed by atoms with Crippen LogP contribution < -0.4 is 5.32 Å². The summed E-state index contributed by atoms with van der Waals surface area (Å²) in [5, 5.41) is 3.28. The van der Waals surface area contributed by atoms with Gasteiger partial charge in [-0.1, -0.05) is 49.6 Å². The van der Waals surface area contributed by atoms with Gasteiger partial charge in [-0.25, -0.2) is 0 Å². The van der Waals surface area contributed by atoms with E-state index in [-0.39, 0.29) is 23.7 Å². The van der Waals surface area contributed by atoms with E-state index in [9.17, 15) is 9.59 Å². The highest BCUT2D eigenvalue weighted by molar-refractivity contribution is 5.98. The van der Waals surface area contributed by atoms with Crippen molar-refractivity contribution in [3.63, 3.8) is 0 Å². The number of benzene rings is 1. The van der Waals surface area contributed by atoms with Crippen molar-refractivity contribution in [2.75, 3.05) is 13.1 Å². The Hall–Kier alpha value is -1.68. The van der Waals surface area contributed by atoms with Gasteiger partial charge in [-0.15, -0.1) is 0 Å². The topological polar surface area (TPSA) is 49.4 Å². The molecular weight excluding hydrogens is 336 g/mol. The van der Waals surface area contributed by atoms with Crippen molar-refractivity contribution >= 4 is 11.7 Å². The SMILES string of the molecule is Cc1ccc(C(=O)C2CCN(C(C)C(=O)NC3CCCCC3C)CC2)cc1. The van der Waals surface area contributed by atoms with Crippen LogP contribution in [0.1, 0.15) is 68.3 Å². The molecule has 1 heterocycles. The standard InChI is InChI=1S/C23H34N2O2/c1-16-8-10-19(11-9-16)22(26)20-12-14-25(15-13-20)18(3)23(27)24-21-7-5-4-6-17(21)2/h8-11,17-18,20-21H,4-7,12-15H2,1-3H3,(H,24,27). The van der Waals surface area contributed by atoms with Crippen LogP contribution in [0.15, 0.2) is 24.3 Å². The summed E-state index contributed by atoms with van der Waals surface area (Å²) in [6.45, 7) is 7.92. The van der Waals surface area contributed by atoms with Crippen molar-refractivity contribution in [1.82, 2.24) is 10.2 Å². The summed E-state index contributed by atoms with van der Waals surface area (Å²) in [6, 6.07) is 8.09. The lowest BCUT2D eigenvalue weighted by Crippen LogP contribution is -2.52. The van der Waals surface area contributed by atoms with Crippen LogP contribution in [0.3, 0.4) is 0 Å². The molecule has 2 aliphatic rings. The minimum Gasteiger partial charge on any atom is -0.352 e. The summed E-state index contributed by atoms with van der Waals surface area (Å²) in [6.07, 6.45) is 6.49. The molecule has 4 heteroatoms. The van der Waals surface area contributed by atoms with Gasteiger partial charge in [0.05, 0.1) is 6.04 Å². The van der Waals surface area contributed by atoms with Crippen LogP contribution in [0.25, 0.3) is 0 Å². The third kappa shape index (κ3) is 4.98. The molecule has 1 aromatic rings. The van der Waals surface area contributed by atoms with Gasteiger partial charge in [0, 0.05) is 17.5 Å². The Labute approximate surface area is 163 Å². The summed E-state index contributed by atoms with van der Waals surface area (Å²) in [4.78, 5) is 27.7. The summed E-state index contributed by atoms with van der Waals surface area (Å²) >= 11 is 0. The first-order valence-electron chi connectivity index (χ1n) is 10.6. The largest absolute Gasteiger partial charge is 0.352 e. The number of rotatable bonds is 5. The first kappa shape index (κ1) is 20.1. The van der Waals surface area contributed by atoms with Gasteiger partial charge in [-0.3, -0.25) is 14.5 Å².